The van der Waals surface area contributed by atoms with Crippen LogP contribution >= 0.6 is 27.3 Å². The van der Waals surface area contributed by atoms with Gasteiger partial charge in [-0.3, -0.25) is 9.59 Å². The smallest absolute Gasteiger partial charge is 0.262 e. The lowest BCUT2D eigenvalue weighted by Gasteiger charge is -2.13. The number of nitrogens with one attached hydrogen (secondary N) is 2. The quantitative estimate of drug-likeness (QED) is 0.696. The fourth-order valence-electron chi connectivity index (χ4n) is 1.51. The van der Waals surface area contributed by atoms with Crippen molar-refractivity contribution in [3.63, 3.8) is 0 Å². The van der Waals surface area contributed by atoms with E-state index >= 15 is 0 Å². The van der Waals surface area contributed by atoms with Gasteiger partial charge in [-0.05, 0) is 47.8 Å². The van der Waals surface area contributed by atoms with Crippen molar-refractivity contribution in [1.29, 1.82) is 0 Å². The van der Waals surface area contributed by atoms with Gasteiger partial charge in [-0.2, -0.15) is 0 Å². The average Bonchev–Trinajstić information content (AvgIpc) is 2.85. The van der Waals surface area contributed by atoms with E-state index in [1.807, 2.05) is 0 Å². The molecule has 20 heavy (non-hydrogen) atoms. The molecule has 1 heterocycles. The molecule has 5 nitrogen and oxygen atoms in total. The van der Waals surface area contributed by atoms with Crippen LogP contribution in [0.25, 0.3) is 0 Å². The van der Waals surface area contributed by atoms with Gasteiger partial charge in [0, 0.05) is 20.3 Å². The lowest BCUT2D eigenvalue weighted by molar-refractivity contribution is -0.122. The first-order chi connectivity index (χ1) is 9.54. The highest BCUT2D eigenvalue weighted by molar-refractivity contribution is 9.11. The molecule has 0 fully saturated rings. The maximum absolute atomic E-state index is 11.9. The number of amides is 2. The Bertz CT molecular complexity index is 451. The molecule has 0 saturated heterocycles. The third-order valence-electron chi connectivity index (χ3n) is 2.61. The molecule has 1 rings (SSSR count). The molecule has 0 aliphatic rings. The number of thiophene rings is 1. The van der Waals surface area contributed by atoms with Crippen molar-refractivity contribution < 1.29 is 14.3 Å². The Balaban J connectivity index is 2.29. The summed E-state index contributed by atoms with van der Waals surface area (Å²) in [7, 11) is 1.65. The molecular formula is C13H19BrN2O3S. The monoisotopic (exact) mass is 362 g/mol. The summed E-state index contributed by atoms with van der Waals surface area (Å²) in [4.78, 5) is 24.2. The molecule has 0 aliphatic heterocycles. The summed E-state index contributed by atoms with van der Waals surface area (Å²) in [5, 5.41) is 5.46. The molecule has 7 heteroatoms. The maximum Gasteiger partial charge on any atom is 0.262 e. The Kier molecular flexibility index (Phi) is 7.79. The molecule has 1 unspecified atom stereocenters. The van der Waals surface area contributed by atoms with Crippen LogP contribution in [0.3, 0.4) is 0 Å². The van der Waals surface area contributed by atoms with Crippen LogP contribution in [-0.4, -0.2) is 38.1 Å². The third-order valence-corrected chi connectivity index (χ3v) is 4.23. The average molecular weight is 363 g/mol. The number of hydrogen-bond donors (Lipinski definition) is 2. The Morgan fingerprint density at radius 3 is 2.75 bits per heavy atom. The zero-order chi connectivity index (χ0) is 15.0. The molecule has 0 radical (unpaired) electrons. The summed E-state index contributed by atoms with van der Waals surface area (Å²) in [5.41, 5.74) is 0. The van der Waals surface area contributed by atoms with Crippen LogP contribution in [0.2, 0.25) is 0 Å². The molecule has 0 aromatic carbocycles. The molecule has 0 spiro atoms. The van der Waals surface area contributed by atoms with Gasteiger partial charge < -0.3 is 15.4 Å². The van der Waals surface area contributed by atoms with Crippen molar-refractivity contribution in [3.8, 4) is 0 Å². The highest BCUT2D eigenvalue weighted by Crippen LogP contribution is 2.21. The molecule has 1 atom stereocenters. The zero-order valence-corrected chi connectivity index (χ0v) is 14.0. The molecule has 0 aliphatic carbocycles. The van der Waals surface area contributed by atoms with Gasteiger partial charge in [-0.1, -0.05) is 0 Å². The van der Waals surface area contributed by atoms with Crippen molar-refractivity contribution in [3.05, 3.63) is 20.8 Å². The van der Waals surface area contributed by atoms with Crippen LogP contribution < -0.4 is 10.6 Å². The molecule has 1 aromatic rings. The lowest BCUT2D eigenvalue weighted by Crippen LogP contribution is -2.44. The van der Waals surface area contributed by atoms with Crippen molar-refractivity contribution in [2.45, 2.75) is 25.8 Å². The number of halogens is 1. The summed E-state index contributed by atoms with van der Waals surface area (Å²) >= 11 is 4.63. The van der Waals surface area contributed by atoms with Crippen LogP contribution in [0, 0.1) is 0 Å². The number of carbonyl (C=O) groups is 2. The Hall–Kier alpha value is -0.920. The number of methoxy groups -OCH3 is 1. The minimum absolute atomic E-state index is 0.175. The van der Waals surface area contributed by atoms with Crippen molar-refractivity contribution >= 4 is 39.1 Å². The van der Waals surface area contributed by atoms with Crippen LogP contribution in [0.4, 0.5) is 0 Å². The maximum atomic E-state index is 11.9. The lowest BCUT2D eigenvalue weighted by atomic mass is 10.2. The molecule has 1 aromatic heterocycles. The topological polar surface area (TPSA) is 67.4 Å². The van der Waals surface area contributed by atoms with E-state index in [9.17, 15) is 9.59 Å². The summed E-state index contributed by atoms with van der Waals surface area (Å²) < 4.78 is 5.81. The second-order valence-corrected chi connectivity index (χ2v) is 6.75. The molecular weight excluding hydrogens is 344 g/mol. The Morgan fingerprint density at radius 1 is 1.40 bits per heavy atom. The van der Waals surface area contributed by atoms with E-state index < -0.39 is 6.04 Å². The van der Waals surface area contributed by atoms with Gasteiger partial charge in [-0.25, -0.2) is 0 Å². The molecule has 2 N–H and O–H groups in total. The molecule has 2 amide bonds. The van der Waals surface area contributed by atoms with E-state index in [2.05, 4.69) is 26.6 Å². The highest BCUT2D eigenvalue weighted by atomic mass is 79.9. The number of hydrogen-bond acceptors (Lipinski definition) is 4. The fourth-order valence-corrected chi connectivity index (χ4v) is 2.79. The van der Waals surface area contributed by atoms with Crippen LogP contribution in [0.15, 0.2) is 15.9 Å². The van der Waals surface area contributed by atoms with Gasteiger partial charge in [0.25, 0.3) is 5.91 Å². The van der Waals surface area contributed by atoms with Gasteiger partial charge in [0.1, 0.15) is 6.04 Å². The molecule has 0 bridgehead atoms. The van der Waals surface area contributed by atoms with Gasteiger partial charge >= 0.3 is 0 Å². The zero-order valence-electron chi connectivity index (χ0n) is 11.6. The van der Waals surface area contributed by atoms with E-state index in [1.165, 1.54) is 11.3 Å². The van der Waals surface area contributed by atoms with Crippen molar-refractivity contribution in [1.82, 2.24) is 10.6 Å². The Morgan fingerprint density at radius 2 is 2.15 bits per heavy atom. The number of rotatable bonds is 8. The largest absolute Gasteiger partial charge is 0.385 e. The van der Waals surface area contributed by atoms with E-state index in [-0.39, 0.29) is 11.8 Å². The number of carbonyl (C=O) groups excluding carboxylic acids is 2. The summed E-state index contributed by atoms with van der Waals surface area (Å²) in [6, 6.07) is 2.98. The third kappa shape index (κ3) is 6.02. The van der Waals surface area contributed by atoms with E-state index in [4.69, 9.17) is 4.74 Å². The van der Waals surface area contributed by atoms with Crippen LogP contribution in [-0.2, 0) is 9.53 Å². The first-order valence-electron chi connectivity index (χ1n) is 6.37. The normalized spacial score (nSPS) is 11.9. The number of ether oxygens (including phenoxy) is 1. The van der Waals surface area contributed by atoms with E-state index in [0.717, 1.165) is 16.6 Å². The standard InChI is InChI=1S/C13H19BrN2O3S/c1-9(12(17)15-7-3-4-8-19-2)16-13(18)10-5-6-11(14)20-10/h5-6,9H,3-4,7-8H2,1-2H3,(H,15,17)(H,16,18). The van der Waals surface area contributed by atoms with Crippen LogP contribution in [0.1, 0.15) is 29.4 Å². The van der Waals surface area contributed by atoms with Gasteiger partial charge in [0.05, 0.1) is 8.66 Å². The van der Waals surface area contributed by atoms with Crippen molar-refractivity contribution in [2.24, 2.45) is 0 Å². The van der Waals surface area contributed by atoms with Crippen LogP contribution in [0.5, 0.6) is 0 Å². The Labute approximate surface area is 131 Å². The van der Waals surface area contributed by atoms with Crippen molar-refractivity contribution in [2.75, 3.05) is 20.3 Å². The SMILES string of the molecule is COCCCCNC(=O)C(C)NC(=O)c1ccc(Br)s1. The van der Waals surface area contributed by atoms with Gasteiger partial charge in [-0.15, -0.1) is 11.3 Å². The highest BCUT2D eigenvalue weighted by Gasteiger charge is 2.17. The molecule has 112 valence electrons. The minimum atomic E-state index is -0.550. The van der Waals surface area contributed by atoms with E-state index in [0.29, 0.717) is 18.0 Å². The summed E-state index contributed by atoms with van der Waals surface area (Å²) in [5.74, 6) is -0.408. The second kappa shape index (κ2) is 9.10. The predicted molar refractivity (Wildman–Crippen MR) is 83.1 cm³/mol. The second-order valence-electron chi connectivity index (χ2n) is 4.29. The summed E-state index contributed by atoms with van der Waals surface area (Å²) in [6.45, 7) is 2.95. The molecule has 0 saturated carbocycles. The van der Waals surface area contributed by atoms with Gasteiger partial charge in [0.15, 0.2) is 0 Å². The fraction of sp³-hybridized carbons (Fsp3) is 0.538. The van der Waals surface area contributed by atoms with Gasteiger partial charge in [0.2, 0.25) is 5.91 Å². The first-order valence-corrected chi connectivity index (χ1v) is 7.98. The number of unbranched alkanes of at least 4 members (excludes halogenated alkanes) is 1. The predicted octanol–water partition coefficient (Wildman–Crippen LogP) is 2.17. The van der Waals surface area contributed by atoms with E-state index in [1.54, 1.807) is 26.2 Å². The minimum Gasteiger partial charge on any atom is -0.385 e. The summed E-state index contributed by atoms with van der Waals surface area (Å²) in [6.07, 6.45) is 1.76. The first kappa shape index (κ1) is 17.1.